The minimum Gasteiger partial charge on any atom is -0.207 e. The van der Waals surface area contributed by atoms with Gasteiger partial charge in [0.25, 0.3) is 0 Å². The van der Waals surface area contributed by atoms with E-state index in [-0.39, 0.29) is 0 Å². The quantitative estimate of drug-likeness (QED) is 0.128. The zero-order valence-electron chi connectivity index (χ0n) is 19.2. The Morgan fingerprint density at radius 1 is 0.378 bits per heavy atom. The Balaban J connectivity index is 0.000000405. The van der Waals surface area contributed by atoms with Gasteiger partial charge in [-0.2, -0.15) is 0 Å². The summed E-state index contributed by atoms with van der Waals surface area (Å²) in [6.45, 7) is 0. The number of benzene rings is 4. The van der Waals surface area contributed by atoms with Gasteiger partial charge in [0.15, 0.2) is 0 Å². The standard InChI is InChI=1S/C29H21O.F6P/c1-4-12-22(13-5-1)26-18-10-11-19-27(26)25-20-28(23-14-6-2-7-15-23)30-29(21-25)24-16-8-3-9-17-24;1-7(2,3,4,5)6/h1-21H;/q+1;-1. The van der Waals surface area contributed by atoms with Gasteiger partial charge in [0.05, 0.1) is 23.3 Å². The van der Waals surface area contributed by atoms with Gasteiger partial charge in [-0.05, 0) is 41.0 Å². The van der Waals surface area contributed by atoms with Gasteiger partial charge >= 0.3 is 44.5 Å². The van der Waals surface area contributed by atoms with Crippen LogP contribution < -0.4 is 0 Å². The molecule has 4 aromatic carbocycles. The van der Waals surface area contributed by atoms with Crippen LogP contribution in [0.5, 0.6) is 0 Å². The van der Waals surface area contributed by atoms with Crippen LogP contribution in [0.15, 0.2) is 132 Å². The zero-order chi connectivity index (χ0) is 26.6. The molecule has 1 aromatic heterocycles. The normalized spacial score (nSPS) is 13.0. The molecule has 0 aliphatic heterocycles. The van der Waals surface area contributed by atoms with Crippen molar-refractivity contribution in [3.63, 3.8) is 0 Å². The summed E-state index contributed by atoms with van der Waals surface area (Å²) in [4.78, 5) is 0. The first-order valence-electron chi connectivity index (χ1n) is 11.1. The second kappa shape index (κ2) is 9.49. The Labute approximate surface area is 209 Å². The maximum absolute atomic E-state index is 10.7. The van der Waals surface area contributed by atoms with Crippen LogP contribution in [0.2, 0.25) is 0 Å². The summed E-state index contributed by atoms with van der Waals surface area (Å²) in [6.07, 6.45) is 0. The molecule has 5 rings (SSSR count). The third kappa shape index (κ3) is 8.29. The first kappa shape index (κ1) is 26.1. The minimum atomic E-state index is -10.7. The second-order valence-electron chi connectivity index (χ2n) is 8.18. The zero-order valence-corrected chi connectivity index (χ0v) is 20.1. The Bertz CT molecular complexity index is 1420. The molecule has 0 amide bonds. The predicted molar refractivity (Wildman–Crippen MR) is 138 cm³/mol. The molecule has 8 heteroatoms. The number of rotatable bonds is 4. The molecule has 190 valence electrons. The first-order chi connectivity index (χ1) is 17.3. The molecule has 0 atom stereocenters. The van der Waals surface area contributed by atoms with E-state index in [0.717, 1.165) is 28.2 Å². The van der Waals surface area contributed by atoms with Crippen molar-refractivity contribution in [2.45, 2.75) is 0 Å². The molecular weight excluding hydrogens is 509 g/mol. The van der Waals surface area contributed by atoms with Crippen molar-refractivity contribution in [3.8, 4) is 44.9 Å². The Morgan fingerprint density at radius 3 is 1.05 bits per heavy atom. The first-order valence-corrected chi connectivity index (χ1v) is 13.2. The third-order valence-corrected chi connectivity index (χ3v) is 5.23. The van der Waals surface area contributed by atoms with Crippen molar-refractivity contribution in [2.75, 3.05) is 0 Å². The Hall–Kier alpha value is -3.96. The van der Waals surface area contributed by atoms with E-state index >= 15 is 0 Å². The fraction of sp³-hybridized carbons (Fsp3) is 0. The fourth-order valence-electron chi connectivity index (χ4n) is 3.75. The fourth-order valence-corrected chi connectivity index (χ4v) is 3.75. The van der Waals surface area contributed by atoms with Gasteiger partial charge in [-0.25, -0.2) is 4.42 Å². The summed E-state index contributed by atoms with van der Waals surface area (Å²) in [7, 11) is -10.7. The van der Waals surface area contributed by atoms with Crippen LogP contribution in [0.3, 0.4) is 0 Å². The molecule has 0 unspecified atom stereocenters. The van der Waals surface area contributed by atoms with E-state index in [0.29, 0.717) is 0 Å². The molecule has 0 saturated carbocycles. The van der Waals surface area contributed by atoms with Gasteiger partial charge in [-0.1, -0.05) is 91.0 Å². The SMILES string of the molecule is F[P-](F)(F)(F)(F)F.c1ccc(-c2cc(-c3ccccc3-c3ccccc3)cc(-c3ccccc3)[o+]2)cc1. The molecule has 0 radical (unpaired) electrons. The van der Waals surface area contributed by atoms with Crippen molar-refractivity contribution in [1.29, 1.82) is 0 Å². The Morgan fingerprint density at radius 2 is 0.676 bits per heavy atom. The molecule has 37 heavy (non-hydrogen) atoms. The molecule has 0 aliphatic carbocycles. The summed E-state index contributed by atoms with van der Waals surface area (Å²) in [6, 6.07) is 43.9. The molecule has 0 fully saturated rings. The maximum atomic E-state index is 9.87. The molecule has 5 aromatic rings. The molecule has 0 aliphatic rings. The van der Waals surface area contributed by atoms with Crippen LogP contribution >= 0.6 is 7.81 Å². The van der Waals surface area contributed by atoms with Gasteiger partial charge < -0.3 is 0 Å². The molecule has 0 bridgehead atoms. The molecule has 0 N–H and O–H groups in total. The van der Waals surface area contributed by atoms with Crippen LogP contribution in [-0.2, 0) is 0 Å². The van der Waals surface area contributed by atoms with Gasteiger partial charge in [-0.15, -0.1) is 0 Å². The molecule has 0 spiro atoms. The van der Waals surface area contributed by atoms with Crippen molar-refractivity contribution in [3.05, 3.63) is 127 Å². The van der Waals surface area contributed by atoms with Crippen LogP contribution in [0.25, 0.3) is 44.9 Å². The van der Waals surface area contributed by atoms with Gasteiger partial charge in [0.1, 0.15) is 0 Å². The number of hydrogen-bond acceptors (Lipinski definition) is 0. The summed E-state index contributed by atoms with van der Waals surface area (Å²) in [5, 5.41) is 0. The van der Waals surface area contributed by atoms with E-state index in [1.54, 1.807) is 0 Å². The molecular formula is C29H21F6OP. The van der Waals surface area contributed by atoms with Crippen molar-refractivity contribution < 1.29 is 29.6 Å². The summed E-state index contributed by atoms with van der Waals surface area (Å²) in [5.74, 6) is 1.71. The van der Waals surface area contributed by atoms with E-state index in [1.807, 2.05) is 36.4 Å². The molecule has 1 heterocycles. The predicted octanol–water partition coefficient (Wildman–Crippen LogP) is 11.6. The largest absolute Gasteiger partial charge is 0.361 e. The minimum absolute atomic E-state index is 0.856. The molecule has 0 saturated heterocycles. The van der Waals surface area contributed by atoms with Crippen molar-refractivity contribution in [1.82, 2.24) is 0 Å². The summed E-state index contributed by atoms with van der Waals surface area (Å²) < 4.78 is 65.6. The van der Waals surface area contributed by atoms with Gasteiger partial charge in [0.2, 0.25) is 0 Å². The van der Waals surface area contributed by atoms with Crippen LogP contribution in [0.4, 0.5) is 25.2 Å². The maximum Gasteiger partial charge on any atom is 0.361 e. The van der Waals surface area contributed by atoms with E-state index in [9.17, 15) is 25.2 Å². The Kier molecular flexibility index (Phi) is 6.70. The van der Waals surface area contributed by atoms with Crippen LogP contribution in [-0.4, -0.2) is 0 Å². The van der Waals surface area contributed by atoms with Gasteiger partial charge in [0, 0.05) is 5.56 Å². The number of halogens is 6. The molecule has 1 nitrogen and oxygen atoms in total. The third-order valence-electron chi connectivity index (χ3n) is 5.23. The second-order valence-corrected chi connectivity index (χ2v) is 10.1. The smallest absolute Gasteiger partial charge is 0.207 e. The average Bonchev–Trinajstić information content (AvgIpc) is 2.88. The van der Waals surface area contributed by atoms with E-state index in [1.165, 1.54) is 16.7 Å². The van der Waals surface area contributed by atoms with Crippen LogP contribution in [0, 0.1) is 0 Å². The van der Waals surface area contributed by atoms with E-state index in [2.05, 4.69) is 91.0 Å². The van der Waals surface area contributed by atoms with E-state index in [4.69, 9.17) is 4.42 Å². The van der Waals surface area contributed by atoms with E-state index < -0.39 is 7.81 Å². The summed E-state index contributed by atoms with van der Waals surface area (Å²) >= 11 is 0. The summed E-state index contributed by atoms with van der Waals surface area (Å²) in [5.41, 5.74) is 6.87. The van der Waals surface area contributed by atoms with Crippen molar-refractivity contribution >= 4 is 7.81 Å². The van der Waals surface area contributed by atoms with Gasteiger partial charge in [-0.3, -0.25) is 0 Å². The average molecular weight is 530 g/mol. The number of hydrogen-bond donors (Lipinski definition) is 0. The monoisotopic (exact) mass is 530 g/mol. The topological polar surface area (TPSA) is 11.3 Å². The van der Waals surface area contributed by atoms with Crippen LogP contribution in [0.1, 0.15) is 0 Å². The van der Waals surface area contributed by atoms with Crippen molar-refractivity contribution in [2.24, 2.45) is 0 Å².